The quantitative estimate of drug-likeness (QED) is 0.723. The summed E-state index contributed by atoms with van der Waals surface area (Å²) < 4.78 is 4.99. The molecule has 0 saturated carbocycles. The average Bonchev–Trinajstić information content (AvgIpc) is 2.98. The topological polar surface area (TPSA) is 70.2 Å². The number of imide groups is 1. The molecule has 0 bridgehead atoms. The summed E-state index contributed by atoms with van der Waals surface area (Å²) in [5, 5.41) is 0. The third-order valence-corrected chi connectivity index (χ3v) is 5.11. The van der Waals surface area contributed by atoms with Gasteiger partial charge in [-0.1, -0.05) is 0 Å². The van der Waals surface area contributed by atoms with Crippen LogP contribution in [0.3, 0.4) is 0 Å². The maximum atomic E-state index is 12.7. The molecule has 1 atom stereocenters. The molecule has 7 heteroatoms. The summed E-state index contributed by atoms with van der Waals surface area (Å²) in [7, 11) is 0. The van der Waals surface area contributed by atoms with Gasteiger partial charge in [0.2, 0.25) is 0 Å². The van der Waals surface area contributed by atoms with Crippen molar-refractivity contribution in [3.8, 4) is 0 Å². The summed E-state index contributed by atoms with van der Waals surface area (Å²) in [5.41, 5.74) is -0.643. The molecule has 0 spiro atoms. The minimum absolute atomic E-state index is 0.0652. The van der Waals surface area contributed by atoms with E-state index in [0.29, 0.717) is 39.1 Å². The van der Waals surface area contributed by atoms with Gasteiger partial charge in [0, 0.05) is 25.7 Å². The summed E-state index contributed by atoms with van der Waals surface area (Å²) in [6.07, 6.45) is 2.58. The van der Waals surface area contributed by atoms with Crippen LogP contribution in [0.2, 0.25) is 0 Å². The second-order valence-corrected chi connectivity index (χ2v) is 6.40. The molecule has 0 aliphatic carbocycles. The molecule has 0 aromatic rings. The predicted octanol–water partition coefficient (Wildman–Crippen LogP) is 1.42. The van der Waals surface area contributed by atoms with Gasteiger partial charge in [0.1, 0.15) is 5.54 Å². The second-order valence-electron chi connectivity index (χ2n) is 6.40. The maximum absolute atomic E-state index is 12.7. The van der Waals surface area contributed by atoms with E-state index in [-0.39, 0.29) is 24.1 Å². The highest BCUT2D eigenvalue weighted by Crippen LogP contribution is 2.39. The van der Waals surface area contributed by atoms with Gasteiger partial charge in [-0.3, -0.25) is 9.69 Å². The molecule has 3 rings (SSSR count). The van der Waals surface area contributed by atoms with E-state index in [1.54, 1.807) is 16.7 Å². The highest BCUT2D eigenvalue weighted by Gasteiger charge is 2.58. The first-order valence-electron chi connectivity index (χ1n) is 8.06. The SMILES string of the molecule is CCOC(=O)N1CCC(N2C(=O)N3CCC[C@@]3(C)C2=O)CC1. The first-order chi connectivity index (χ1) is 10.5. The molecule has 3 saturated heterocycles. The Bertz CT molecular complexity index is 501. The van der Waals surface area contributed by atoms with E-state index < -0.39 is 5.54 Å². The second kappa shape index (κ2) is 5.44. The number of carbonyl (C=O) groups excluding carboxylic acids is 3. The molecule has 0 unspecified atom stereocenters. The van der Waals surface area contributed by atoms with Gasteiger partial charge in [-0.25, -0.2) is 9.59 Å². The molecular weight excluding hydrogens is 286 g/mol. The normalized spacial score (nSPS) is 29.3. The Balaban J connectivity index is 1.66. The monoisotopic (exact) mass is 309 g/mol. The molecule has 3 fully saturated rings. The van der Waals surface area contributed by atoms with Crippen LogP contribution >= 0.6 is 0 Å². The van der Waals surface area contributed by atoms with Crippen LogP contribution < -0.4 is 0 Å². The molecule has 0 N–H and O–H groups in total. The van der Waals surface area contributed by atoms with Crippen molar-refractivity contribution in [2.75, 3.05) is 26.2 Å². The standard InChI is InChI=1S/C15H23N3O4/c1-3-22-14(21)16-9-5-11(6-10-16)18-12(19)15(2)7-4-8-17(15)13(18)20/h11H,3-10H2,1-2H3/t15-/m0/s1. The summed E-state index contributed by atoms with van der Waals surface area (Å²) in [6.45, 7) is 5.72. The molecule has 22 heavy (non-hydrogen) atoms. The number of likely N-dealkylation sites (tertiary alicyclic amines) is 1. The van der Waals surface area contributed by atoms with Crippen LogP contribution in [0.4, 0.5) is 9.59 Å². The number of hydrogen-bond donors (Lipinski definition) is 0. The first-order valence-corrected chi connectivity index (χ1v) is 8.06. The maximum Gasteiger partial charge on any atom is 0.409 e. The number of urea groups is 1. The number of carbonyl (C=O) groups is 3. The number of hydrogen-bond acceptors (Lipinski definition) is 4. The van der Waals surface area contributed by atoms with Gasteiger partial charge < -0.3 is 14.5 Å². The minimum Gasteiger partial charge on any atom is -0.450 e. The first kappa shape index (κ1) is 15.1. The van der Waals surface area contributed by atoms with Crippen molar-refractivity contribution in [2.24, 2.45) is 0 Å². The summed E-state index contributed by atoms with van der Waals surface area (Å²) in [6, 6.07) is -0.257. The van der Waals surface area contributed by atoms with Gasteiger partial charge in [0.15, 0.2) is 0 Å². The van der Waals surface area contributed by atoms with Gasteiger partial charge in [-0.05, 0) is 39.5 Å². The molecule has 7 nitrogen and oxygen atoms in total. The van der Waals surface area contributed by atoms with Crippen LogP contribution in [0.1, 0.15) is 39.5 Å². The Hall–Kier alpha value is -1.79. The van der Waals surface area contributed by atoms with Gasteiger partial charge in [0.25, 0.3) is 5.91 Å². The van der Waals surface area contributed by atoms with Crippen LogP contribution in [-0.2, 0) is 9.53 Å². The Morgan fingerprint density at radius 3 is 2.55 bits per heavy atom. The number of piperidine rings is 1. The summed E-state index contributed by atoms with van der Waals surface area (Å²) >= 11 is 0. The van der Waals surface area contributed by atoms with E-state index in [4.69, 9.17) is 4.74 Å². The fraction of sp³-hybridized carbons (Fsp3) is 0.800. The van der Waals surface area contributed by atoms with E-state index in [1.165, 1.54) is 4.90 Å². The van der Waals surface area contributed by atoms with E-state index in [1.807, 2.05) is 6.92 Å². The van der Waals surface area contributed by atoms with Crippen molar-refractivity contribution in [1.82, 2.24) is 14.7 Å². The van der Waals surface area contributed by atoms with Crippen molar-refractivity contribution in [3.63, 3.8) is 0 Å². The Kier molecular flexibility index (Phi) is 3.74. The highest BCUT2D eigenvalue weighted by atomic mass is 16.6. The van der Waals surface area contributed by atoms with Crippen molar-refractivity contribution in [1.29, 1.82) is 0 Å². The Labute approximate surface area is 130 Å². The highest BCUT2D eigenvalue weighted by molar-refractivity contribution is 6.07. The Morgan fingerprint density at radius 1 is 1.27 bits per heavy atom. The molecule has 3 heterocycles. The van der Waals surface area contributed by atoms with Gasteiger partial charge in [-0.2, -0.15) is 0 Å². The van der Waals surface area contributed by atoms with Crippen LogP contribution in [-0.4, -0.2) is 70.6 Å². The van der Waals surface area contributed by atoms with Crippen LogP contribution in [0.25, 0.3) is 0 Å². The number of fused-ring (bicyclic) bond motifs is 1. The lowest BCUT2D eigenvalue weighted by Crippen LogP contribution is -2.50. The minimum atomic E-state index is -0.643. The lowest BCUT2D eigenvalue weighted by Gasteiger charge is -2.35. The third-order valence-electron chi connectivity index (χ3n) is 5.11. The van der Waals surface area contributed by atoms with Crippen molar-refractivity contribution < 1.29 is 19.1 Å². The van der Waals surface area contributed by atoms with E-state index in [2.05, 4.69) is 0 Å². The van der Waals surface area contributed by atoms with Crippen molar-refractivity contribution >= 4 is 18.0 Å². The molecule has 4 amide bonds. The molecule has 0 radical (unpaired) electrons. The van der Waals surface area contributed by atoms with E-state index in [9.17, 15) is 14.4 Å². The van der Waals surface area contributed by atoms with Gasteiger partial charge in [-0.15, -0.1) is 0 Å². The van der Waals surface area contributed by atoms with E-state index >= 15 is 0 Å². The van der Waals surface area contributed by atoms with Crippen LogP contribution in [0.15, 0.2) is 0 Å². The number of amides is 4. The molecule has 3 aliphatic heterocycles. The zero-order valence-corrected chi connectivity index (χ0v) is 13.2. The summed E-state index contributed by atoms with van der Waals surface area (Å²) in [4.78, 5) is 41.8. The zero-order valence-electron chi connectivity index (χ0n) is 13.2. The Morgan fingerprint density at radius 2 is 1.95 bits per heavy atom. The molecule has 0 aromatic heterocycles. The summed E-state index contributed by atoms with van der Waals surface area (Å²) in [5.74, 6) is -0.0652. The molecule has 0 aromatic carbocycles. The molecule has 122 valence electrons. The van der Waals surface area contributed by atoms with E-state index in [0.717, 1.165) is 12.8 Å². The molecule has 3 aliphatic rings. The number of rotatable bonds is 2. The van der Waals surface area contributed by atoms with Gasteiger partial charge >= 0.3 is 12.1 Å². The fourth-order valence-electron chi connectivity index (χ4n) is 3.81. The van der Waals surface area contributed by atoms with Gasteiger partial charge in [0.05, 0.1) is 6.61 Å². The van der Waals surface area contributed by atoms with Crippen LogP contribution in [0.5, 0.6) is 0 Å². The lowest BCUT2D eigenvalue weighted by atomic mass is 9.97. The van der Waals surface area contributed by atoms with Crippen molar-refractivity contribution in [2.45, 2.75) is 51.1 Å². The number of nitrogens with zero attached hydrogens (tertiary/aromatic N) is 3. The largest absolute Gasteiger partial charge is 0.450 e. The average molecular weight is 309 g/mol. The van der Waals surface area contributed by atoms with Crippen LogP contribution in [0, 0.1) is 0 Å². The third kappa shape index (κ3) is 2.14. The lowest BCUT2D eigenvalue weighted by molar-refractivity contribution is -0.133. The number of ether oxygens (including phenoxy) is 1. The predicted molar refractivity (Wildman–Crippen MR) is 78.2 cm³/mol. The zero-order chi connectivity index (χ0) is 15.9. The fourth-order valence-corrected chi connectivity index (χ4v) is 3.81. The molecular formula is C15H23N3O4. The smallest absolute Gasteiger partial charge is 0.409 e. The van der Waals surface area contributed by atoms with Crippen molar-refractivity contribution in [3.05, 3.63) is 0 Å².